The number of nitrogens with one attached hydrogen (secondary N) is 1. The number of sulfonamides is 1. The van der Waals surface area contributed by atoms with E-state index in [1.165, 1.54) is 18.6 Å². The van der Waals surface area contributed by atoms with E-state index in [9.17, 15) is 21.6 Å². The minimum Gasteiger partial charge on any atom is -0.404 e. The van der Waals surface area contributed by atoms with Gasteiger partial charge in [-0.15, -0.1) is 13.2 Å². The molecule has 0 spiro atoms. The molecule has 142 valence electrons. The van der Waals surface area contributed by atoms with Crippen molar-refractivity contribution in [2.24, 2.45) is 0 Å². The SMILES string of the molecule is CC1CCCCN1CCCNS(=O)(=O)c1ccccc1OC(F)(F)F. The number of para-hydroxylation sites is 1. The summed E-state index contributed by atoms with van der Waals surface area (Å²) in [6.45, 7) is 4.06. The Morgan fingerprint density at radius 3 is 2.68 bits per heavy atom. The summed E-state index contributed by atoms with van der Waals surface area (Å²) in [4.78, 5) is 1.79. The molecular formula is C16H23F3N2O3S. The quantitative estimate of drug-likeness (QED) is 0.739. The van der Waals surface area contributed by atoms with Crippen molar-refractivity contribution >= 4 is 10.0 Å². The lowest BCUT2D eigenvalue weighted by Gasteiger charge is -2.33. The van der Waals surface area contributed by atoms with Gasteiger partial charge in [0.1, 0.15) is 10.6 Å². The van der Waals surface area contributed by atoms with Crippen LogP contribution < -0.4 is 9.46 Å². The maximum atomic E-state index is 12.4. The molecule has 0 radical (unpaired) electrons. The van der Waals surface area contributed by atoms with Crippen LogP contribution in [0.2, 0.25) is 0 Å². The number of nitrogens with zero attached hydrogens (tertiary/aromatic N) is 1. The Morgan fingerprint density at radius 2 is 2.00 bits per heavy atom. The second-order valence-corrected chi connectivity index (χ2v) is 7.86. The number of ether oxygens (including phenoxy) is 1. The molecule has 25 heavy (non-hydrogen) atoms. The molecule has 0 amide bonds. The van der Waals surface area contributed by atoms with Gasteiger partial charge in [-0.2, -0.15) is 0 Å². The van der Waals surface area contributed by atoms with Crippen molar-refractivity contribution in [1.82, 2.24) is 9.62 Å². The molecule has 1 aromatic rings. The molecule has 2 rings (SSSR count). The van der Waals surface area contributed by atoms with Gasteiger partial charge in [-0.05, 0) is 51.4 Å². The minimum atomic E-state index is -4.95. The van der Waals surface area contributed by atoms with Gasteiger partial charge in [-0.1, -0.05) is 18.6 Å². The summed E-state index contributed by atoms with van der Waals surface area (Å²) in [7, 11) is -4.07. The van der Waals surface area contributed by atoms with Gasteiger partial charge < -0.3 is 9.64 Å². The van der Waals surface area contributed by atoms with Crippen LogP contribution in [0.15, 0.2) is 29.2 Å². The summed E-state index contributed by atoms with van der Waals surface area (Å²) in [6.07, 6.45) is -0.881. The standard InChI is InChI=1S/C16H23F3N2O3S/c1-13-7-4-5-11-21(13)12-6-10-20-25(22,23)15-9-3-2-8-14(15)24-16(17,18)19/h2-3,8-9,13,20H,4-7,10-12H2,1H3. The molecule has 1 unspecified atom stereocenters. The second kappa shape index (κ2) is 8.37. The first-order valence-electron chi connectivity index (χ1n) is 8.27. The molecule has 5 nitrogen and oxygen atoms in total. The van der Waals surface area contributed by atoms with Crippen LogP contribution in [-0.4, -0.2) is 45.4 Å². The van der Waals surface area contributed by atoms with Crippen molar-refractivity contribution in [3.8, 4) is 5.75 Å². The van der Waals surface area contributed by atoms with Gasteiger partial charge in [0.15, 0.2) is 0 Å². The van der Waals surface area contributed by atoms with Crippen LogP contribution in [0.4, 0.5) is 13.2 Å². The summed E-state index contributed by atoms with van der Waals surface area (Å²) in [5.74, 6) is -0.729. The third kappa shape index (κ3) is 6.16. The van der Waals surface area contributed by atoms with Crippen molar-refractivity contribution in [3.05, 3.63) is 24.3 Å². The normalized spacial score (nSPS) is 19.8. The van der Waals surface area contributed by atoms with Crippen LogP contribution in [0.5, 0.6) is 5.75 Å². The highest BCUT2D eigenvalue weighted by molar-refractivity contribution is 7.89. The minimum absolute atomic E-state index is 0.159. The third-order valence-corrected chi connectivity index (χ3v) is 5.72. The molecule has 0 aliphatic carbocycles. The fourth-order valence-corrected chi connectivity index (χ4v) is 4.14. The van der Waals surface area contributed by atoms with Crippen LogP contribution in [0.25, 0.3) is 0 Å². The number of halogens is 3. The number of hydrogen-bond donors (Lipinski definition) is 1. The van der Waals surface area contributed by atoms with Gasteiger partial charge >= 0.3 is 6.36 Å². The van der Waals surface area contributed by atoms with Gasteiger partial charge in [0, 0.05) is 12.6 Å². The van der Waals surface area contributed by atoms with Crippen molar-refractivity contribution < 1.29 is 26.3 Å². The fraction of sp³-hybridized carbons (Fsp3) is 0.625. The maximum Gasteiger partial charge on any atom is 0.573 e. The zero-order valence-corrected chi connectivity index (χ0v) is 14.9. The highest BCUT2D eigenvalue weighted by atomic mass is 32.2. The van der Waals surface area contributed by atoms with E-state index in [0.29, 0.717) is 12.5 Å². The van der Waals surface area contributed by atoms with Crippen molar-refractivity contribution in [2.75, 3.05) is 19.6 Å². The van der Waals surface area contributed by atoms with E-state index in [-0.39, 0.29) is 6.54 Å². The lowest BCUT2D eigenvalue weighted by atomic mass is 10.0. The Balaban J connectivity index is 1.93. The molecule has 1 saturated heterocycles. The second-order valence-electron chi connectivity index (χ2n) is 6.13. The highest BCUT2D eigenvalue weighted by Crippen LogP contribution is 2.29. The summed E-state index contributed by atoms with van der Waals surface area (Å²) in [6, 6.07) is 5.20. The molecule has 1 atom stereocenters. The number of hydrogen-bond acceptors (Lipinski definition) is 4. The van der Waals surface area contributed by atoms with Crippen molar-refractivity contribution in [1.29, 1.82) is 0 Å². The number of piperidine rings is 1. The topological polar surface area (TPSA) is 58.6 Å². The van der Waals surface area contributed by atoms with Gasteiger partial charge in [0.05, 0.1) is 0 Å². The van der Waals surface area contributed by atoms with Gasteiger partial charge in [0.25, 0.3) is 0 Å². The lowest BCUT2D eigenvalue weighted by Crippen LogP contribution is -2.39. The molecule has 0 saturated carbocycles. The summed E-state index contributed by atoms with van der Waals surface area (Å²) in [5.41, 5.74) is 0. The number of alkyl halides is 3. The first-order valence-corrected chi connectivity index (χ1v) is 9.76. The lowest BCUT2D eigenvalue weighted by molar-refractivity contribution is -0.275. The van der Waals surface area contributed by atoms with Crippen LogP contribution in [0.3, 0.4) is 0 Å². The van der Waals surface area contributed by atoms with Crippen LogP contribution in [0.1, 0.15) is 32.6 Å². The molecule has 1 fully saturated rings. The molecule has 1 heterocycles. The number of rotatable bonds is 7. The molecule has 1 aliphatic heterocycles. The molecule has 1 aliphatic rings. The molecule has 0 bridgehead atoms. The van der Waals surface area contributed by atoms with Crippen molar-refractivity contribution in [2.45, 2.75) is 49.9 Å². The monoisotopic (exact) mass is 380 g/mol. The van der Waals surface area contributed by atoms with E-state index in [1.807, 2.05) is 0 Å². The average molecular weight is 380 g/mol. The van der Waals surface area contributed by atoms with Gasteiger partial charge in [-0.25, -0.2) is 13.1 Å². The van der Waals surface area contributed by atoms with E-state index in [4.69, 9.17) is 0 Å². The molecule has 9 heteroatoms. The Kier molecular flexibility index (Phi) is 6.70. The van der Waals surface area contributed by atoms with Crippen LogP contribution >= 0.6 is 0 Å². The zero-order valence-electron chi connectivity index (χ0n) is 14.1. The molecular weight excluding hydrogens is 357 g/mol. The predicted molar refractivity (Wildman–Crippen MR) is 87.8 cm³/mol. The van der Waals surface area contributed by atoms with Crippen LogP contribution in [-0.2, 0) is 10.0 Å². The van der Waals surface area contributed by atoms with Gasteiger partial charge in [0.2, 0.25) is 10.0 Å². The van der Waals surface area contributed by atoms with Crippen LogP contribution in [0, 0.1) is 0 Å². The first kappa shape index (κ1) is 20.0. The Labute approximate surface area is 146 Å². The summed E-state index contributed by atoms with van der Waals surface area (Å²) < 4.78 is 68.0. The average Bonchev–Trinajstić information content (AvgIpc) is 2.52. The Bertz CT molecular complexity index is 665. The smallest absolute Gasteiger partial charge is 0.404 e. The van der Waals surface area contributed by atoms with E-state index < -0.39 is 27.0 Å². The van der Waals surface area contributed by atoms with E-state index in [1.54, 1.807) is 0 Å². The summed E-state index contributed by atoms with van der Waals surface area (Å²) in [5, 5.41) is 0. The van der Waals surface area contributed by atoms with Gasteiger partial charge in [-0.3, -0.25) is 0 Å². The highest BCUT2D eigenvalue weighted by Gasteiger charge is 2.33. The predicted octanol–water partition coefficient (Wildman–Crippen LogP) is 3.13. The van der Waals surface area contributed by atoms with Crippen molar-refractivity contribution in [3.63, 3.8) is 0 Å². The molecule has 0 aromatic heterocycles. The Hall–Kier alpha value is -1.32. The van der Waals surface area contributed by atoms with E-state index in [0.717, 1.165) is 38.1 Å². The zero-order chi connectivity index (χ0) is 18.5. The third-order valence-electron chi connectivity index (χ3n) is 4.22. The molecule has 1 N–H and O–H groups in total. The first-order chi connectivity index (χ1) is 11.7. The Morgan fingerprint density at radius 1 is 1.28 bits per heavy atom. The summed E-state index contributed by atoms with van der Waals surface area (Å²) >= 11 is 0. The molecule has 1 aromatic carbocycles. The maximum absolute atomic E-state index is 12.4. The van der Waals surface area contributed by atoms with E-state index >= 15 is 0 Å². The largest absolute Gasteiger partial charge is 0.573 e. The number of likely N-dealkylation sites (tertiary alicyclic amines) is 1. The fourth-order valence-electron chi connectivity index (χ4n) is 2.94. The van der Waals surface area contributed by atoms with E-state index in [2.05, 4.69) is 21.3 Å². The number of benzene rings is 1.